The number of aryl methyl sites for hydroxylation is 1. The Bertz CT molecular complexity index is 421. The van der Waals surface area contributed by atoms with Crippen LogP contribution in [0.1, 0.15) is 38.3 Å². The lowest BCUT2D eigenvalue weighted by Crippen LogP contribution is -2.24. The number of carbonyl (C=O) groups excluding carboxylic acids is 1. The highest BCUT2D eigenvalue weighted by Crippen LogP contribution is 2.25. The van der Waals surface area contributed by atoms with Crippen molar-refractivity contribution in [2.24, 2.45) is 0 Å². The summed E-state index contributed by atoms with van der Waals surface area (Å²) in [6, 6.07) is 7.61. The minimum Gasteiger partial charge on any atom is -0.385 e. The van der Waals surface area contributed by atoms with E-state index in [4.69, 9.17) is 0 Å². The van der Waals surface area contributed by atoms with Gasteiger partial charge in [0.2, 0.25) is 0 Å². The van der Waals surface area contributed by atoms with Crippen LogP contribution in [0.4, 0.5) is 0 Å². The average Bonchev–Trinajstić information content (AvgIpc) is 2.15. The molecule has 0 spiro atoms. The molecule has 0 unspecified atom stereocenters. The maximum Gasteiger partial charge on any atom is 0.158 e. The van der Waals surface area contributed by atoms with Crippen molar-refractivity contribution < 1.29 is 9.90 Å². The number of carbonyl (C=O) groups is 1. The Morgan fingerprint density at radius 3 is 2.29 bits per heavy atom. The Balaban J connectivity index is 2.85. The van der Waals surface area contributed by atoms with Crippen molar-refractivity contribution in [3.63, 3.8) is 0 Å². The van der Waals surface area contributed by atoms with Gasteiger partial charge in [0.05, 0.1) is 5.60 Å². The van der Waals surface area contributed by atoms with E-state index in [9.17, 15) is 9.90 Å². The molecule has 0 aliphatic carbocycles. The van der Waals surface area contributed by atoms with Gasteiger partial charge in [0, 0.05) is 6.42 Å². The van der Waals surface area contributed by atoms with Gasteiger partial charge in [-0.2, -0.15) is 0 Å². The molecule has 0 radical (unpaired) electrons. The predicted molar refractivity (Wildman–Crippen MR) is 69.8 cm³/mol. The van der Waals surface area contributed by atoms with E-state index in [2.05, 4.69) is 0 Å². The van der Waals surface area contributed by atoms with Crippen molar-refractivity contribution >= 4 is 5.78 Å². The smallest absolute Gasteiger partial charge is 0.158 e. The second kappa shape index (κ2) is 5.28. The molecule has 1 atom stereocenters. The van der Waals surface area contributed by atoms with E-state index in [1.165, 1.54) is 0 Å². The van der Waals surface area contributed by atoms with Gasteiger partial charge in [0.15, 0.2) is 5.78 Å². The molecule has 0 saturated carbocycles. The van der Waals surface area contributed by atoms with Crippen LogP contribution in [0.5, 0.6) is 0 Å². The van der Waals surface area contributed by atoms with E-state index in [0.29, 0.717) is 0 Å². The zero-order valence-corrected chi connectivity index (χ0v) is 10.9. The van der Waals surface area contributed by atoms with Crippen molar-refractivity contribution in [3.05, 3.63) is 47.0 Å². The summed E-state index contributed by atoms with van der Waals surface area (Å²) in [5.74, 6) is -0.0458. The van der Waals surface area contributed by atoms with E-state index < -0.39 is 5.60 Å². The van der Waals surface area contributed by atoms with E-state index in [-0.39, 0.29) is 12.2 Å². The molecule has 1 N–H and O–H groups in total. The van der Waals surface area contributed by atoms with Crippen LogP contribution in [-0.2, 0) is 10.4 Å². The van der Waals surface area contributed by atoms with E-state index in [1.54, 1.807) is 13.0 Å². The number of ketones is 1. The second-order valence-corrected chi connectivity index (χ2v) is 5.00. The topological polar surface area (TPSA) is 37.3 Å². The van der Waals surface area contributed by atoms with Crippen LogP contribution in [0.15, 0.2) is 35.9 Å². The first-order chi connectivity index (χ1) is 7.81. The van der Waals surface area contributed by atoms with E-state index in [0.717, 1.165) is 16.7 Å². The normalized spacial score (nSPS) is 13.9. The van der Waals surface area contributed by atoms with Gasteiger partial charge in [0.25, 0.3) is 0 Å². The Kier molecular flexibility index (Phi) is 4.24. The number of allylic oxidation sites excluding steroid dienone is 2. The first-order valence-electron chi connectivity index (χ1n) is 5.78. The van der Waals surface area contributed by atoms with Crippen LogP contribution in [0, 0.1) is 6.92 Å². The van der Waals surface area contributed by atoms with Gasteiger partial charge in [-0.25, -0.2) is 0 Å². The summed E-state index contributed by atoms with van der Waals surface area (Å²) in [4.78, 5) is 11.7. The van der Waals surface area contributed by atoms with Crippen molar-refractivity contribution in [3.8, 4) is 0 Å². The highest BCUT2D eigenvalue weighted by atomic mass is 16.3. The molecule has 1 rings (SSSR count). The van der Waals surface area contributed by atoms with Crippen molar-refractivity contribution in [2.45, 2.75) is 39.7 Å². The number of rotatable bonds is 4. The fourth-order valence-electron chi connectivity index (χ4n) is 1.73. The number of aliphatic hydroxyl groups is 1. The van der Waals surface area contributed by atoms with Gasteiger partial charge >= 0.3 is 0 Å². The third-order valence-corrected chi connectivity index (χ3v) is 2.64. The van der Waals surface area contributed by atoms with Crippen molar-refractivity contribution in [2.75, 3.05) is 0 Å². The van der Waals surface area contributed by atoms with Crippen LogP contribution in [-0.4, -0.2) is 10.9 Å². The molecule has 0 fully saturated rings. The minimum absolute atomic E-state index is 0.0458. The third-order valence-electron chi connectivity index (χ3n) is 2.64. The molecule has 17 heavy (non-hydrogen) atoms. The highest BCUT2D eigenvalue weighted by molar-refractivity contribution is 5.91. The number of benzene rings is 1. The summed E-state index contributed by atoms with van der Waals surface area (Å²) in [5.41, 5.74) is 1.77. The molecular formula is C15H20O2. The van der Waals surface area contributed by atoms with E-state index >= 15 is 0 Å². The maximum atomic E-state index is 11.7. The Hall–Kier alpha value is -1.41. The summed E-state index contributed by atoms with van der Waals surface area (Å²) in [7, 11) is 0. The maximum absolute atomic E-state index is 11.7. The number of hydrogen-bond acceptors (Lipinski definition) is 2. The molecule has 1 aromatic carbocycles. The minimum atomic E-state index is -1.10. The lowest BCUT2D eigenvalue weighted by atomic mass is 9.90. The molecule has 0 saturated heterocycles. The average molecular weight is 232 g/mol. The van der Waals surface area contributed by atoms with Gasteiger partial charge in [-0.05, 0) is 39.3 Å². The largest absolute Gasteiger partial charge is 0.385 e. The quantitative estimate of drug-likeness (QED) is 0.810. The molecule has 2 heteroatoms. The van der Waals surface area contributed by atoms with Crippen molar-refractivity contribution in [1.29, 1.82) is 0 Å². The lowest BCUT2D eigenvalue weighted by molar-refractivity contribution is -0.119. The predicted octanol–water partition coefficient (Wildman–Crippen LogP) is 3.13. The van der Waals surface area contributed by atoms with Gasteiger partial charge in [-0.1, -0.05) is 35.4 Å². The summed E-state index contributed by atoms with van der Waals surface area (Å²) in [6.45, 7) is 7.41. The fraction of sp³-hybridized carbons (Fsp3) is 0.400. The molecule has 0 aliphatic rings. The molecule has 0 aromatic heterocycles. The highest BCUT2D eigenvalue weighted by Gasteiger charge is 2.25. The number of hydrogen-bond donors (Lipinski definition) is 1. The standard InChI is InChI=1S/C15H20O2/c1-11(2)9-14(16)10-15(4,17)13-7-5-12(3)6-8-13/h5-9,17H,10H2,1-4H3/t15-/m0/s1. The van der Waals surface area contributed by atoms with E-state index in [1.807, 2.05) is 45.0 Å². The zero-order chi connectivity index (χ0) is 13.1. The first kappa shape index (κ1) is 13.7. The van der Waals surface area contributed by atoms with Gasteiger partial charge in [0.1, 0.15) is 0 Å². The second-order valence-electron chi connectivity index (χ2n) is 5.00. The Morgan fingerprint density at radius 1 is 1.29 bits per heavy atom. The van der Waals surface area contributed by atoms with Crippen LogP contribution in [0.25, 0.3) is 0 Å². The first-order valence-corrected chi connectivity index (χ1v) is 5.78. The SMILES string of the molecule is CC(C)=CC(=O)C[C@](C)(O)c1ccc(C)cc1. The molecule has 2 nitrogen and oxygen atoms in total. The molecule has 0 aliphatic heterocycles. The molecule has 0 heterocycles. The van der Waals surface area contributed by atoms with Crippen LogP contribution >= 0.6 is 0 Å². The summed E-state index contributed by atoms with van der Waals surface area (Å²) < 4.78 is 0. The molecule has 1 aromatic rings. The lowest BCUT2D eigenvalue weighted by Gasteiger charge is -2.22. The Labute approximate surface area is 103 Å². The molecule has 92 valence electrons. The van der Waals surface area contributed by atoms with Crippen LogP contribution < -0.4 is 0 Å². The van der Waals surface area contributed by atoms with Gasteiger partial charge in [-0.3, -0.25) is 4.79 Å². The van der Waals surface area contributed by atoms with Gasteiger partial charge < -0.3 is 5.11 Å². The van der Waals surface area contributed by atoms with Gasteiger partial charge in [-0.15, -0.1) is 0 Å². The van der Waals surface area contributed by atoms with Crippen LogP contribution in [0.2, 0.25) is 0 Å². The van der Waals surface area contributed by atoms with Crippen molar-refractivity contribution in [1.82, 2.24) is 0 Å². The molecular weight excluding hydrogens is 212 g/mol. The Morgan fingerprint density at radius 2 is 1.82 bits per heavy atom. The summed E-state index contributed by atoms with van der Waals surface area (Å²) in [5, 5.41) is 10.3. The summed E-state index contributed by atoms with van der Waals surface area (Å²) in [6.07, 6.45) is 1.68. The monoisotopic (exact) mass is 232 g/mol. The van der Waals surface area contributed by atoms with Crippen LogP contribution in [0.3, 0.4) is 0 Å². The fourth-order valence-corrected chi connectivity index (χ4v) is 1.73. The molecule has 0 bridgehead atoms. The molecule has 0 amide bonds. The third kappa shape index (κ3) is 4.16. The summed E-state index contributed by atoms with van der Waals surface area (Å²) >= 11 is 0. The zero-order valence-electron chi connectivity index (χ0n) is 10.9.